The number of hydrogen-bond acceptors (Lipinski definition) is 3. The summed E-state index contributed by atoms with van der Waals surface area (Å²) in [6.45, 7) is 1.88. The molecule has 1 aromatic rings. The summed E-state index contributed by atoms with van der Waals surface area (Å²) >= 11 is 0. The molecule has 1 heterocycles. The van der Waals surface area contributed by atoms with Gasteiger partial charge in [-0.25, -0.2) is 4.39 Å². The van der Waals surface area contributed by atoms with Crippen LogP contribution in [0.5, 0.6) is 0 Å². The fourth-order valence-corrected chi connectivity index (χ4v) is 2.27. The van der Waals surface area contributed by atoms with E-state index in [0.29, 0.717) is 12.0 Å². The molecule has 2 atom stereocenters. The summed E-state index contributed by atoms with van der Waals surface area (Å²) in [5.74, 6) is 1.18. The van der Waals surface area contributed by atoms with Gasteiger partial charge in [0.15, 0.2) is 5.96 Å². The van der Waals surface area contributed by atoms with E-state index in [2.05, 4.69) is 15.6 Å². The minimum Gasteiger partial charge on any atom is -0.356 e. The van der Waals surface area contributed by atoms with Gasteiger partial charge in [0.05, 0.1) is 0 Å². The molecule has 1 aliphatic heterocycles. The maximum atomic E-state index is 13.1. The van der Waals surface area contributed by atoms with Crippen LogP contribution in [0, 0.1) is 5.82 Å². The molecule has 0 amide bonds. The highest BCUT2D eigenvalue weighted by molar-refractivity contribution is 14.0. The summed E-state index contributed by atoms with van der Waals surface area (Å²) in [6, 6.07) is 7.28. The van der Waals surface area contributed by atoms with Crippen LogP contribution in [0.4, 0.5) is 4.39 Å². The zero-order valence-electron chi connectivity index (χ0n) is 10.0. The quantitative estimate of drug-likeness (QED) is 0.793. The molecule has 3 nitrogen and oxygen atoms in total. The Labute approximate surface area is 123 Å². The second-order valence-corrected chi connectivity index (χ2v) is 4.66. The van der Waals surface area contributed by atoms with Crippen molar-refractivity contribution in [2.24, 2.45) is 4.99 Å². The highest BCUT2D eigenvalue weighted by Gasteiger charge is 2.39. The van der Waals surface area contributed by atoms with Crippen LogP contribution in [0.1, 0.15) is 24.3 Å². The molecule has 0 bridgehead atoms. The Balaban J connectivity index is 0.00000120. The first-order valence-corrected chi connectivity index (χ1v) is 6.13. The fraction of sp³-hybridized carbons (Fsp3) is 0.462. The summed E-state index contributed by atoms with van der Waals surface area (Å²) in [5, 5.41) is 6.62. The molecule has 0 aromatic heterocycles. The van der Waals surface area contributed by atoms with Gasteiger partial charge >= 0.3 is 0 Å². The van der Waals surface area contributed by atoms with Crippen molar-refractivity contribution in [3.63, 3.8) is 0 Å². The third kappa shape index (κ3) is 3.13. The number of hydrogen-bond donors (Lipinski definition) is 2. The molecular weight excluding hydrogens is 344 g/mol. The van der Waals surface area contributed by atoms with Gasteiger partial charge in [-0.3, -0.25) is 4.99 Å². The second-order valence-electron chi connectivity index (χ2n) is 4.66. The normalized spacial score (nSPS) is 25.5. The summed E-state index contributed by atoms with van der Waals surface area (Å²) in [6.07, 6.45) is 2.16. The Kier molecular flexibility index (Phi) is 4.42. The van der Waals surface area contributed by atoms with Gasteiger partial charge in [0, 0.05) is 25.0 Å². The van der Waals surface area contributed by atoms with Crippen molar-refractivity contribution < 1.29 is 4.39 Å². The average Bonchev–Trinajstić information content (AvgIpc) is 3.10. The van der Waals surface area contributed by atoms with E-state index in [1.807, 2.05) is 6.07 Å². The molecule has 1 aromatic carbocycles. The molecule has 1 fully saturated rings. The van der Waals surface area contributed by atoms with Gasteiger partial charge in [0.2, 0.25) is 0 Å². The maximum absolute atomic E-state index is 13.1. The lowest BCUT2D eigenvalue weighted by Gasteiger charge is -2.16. The number of benzene rings is 1. The van der Waals surface area contributed by atoms with E-state index in [-0.39, 0.29) is 29.8 Å². The standard InChI is InChI=1S/C13H16FN3.HI/c14-10-4-1-3-9(7-10)11-8-12(11)17-13-15-5-2-6-16-13;/h1,3-4,7,11-12H,2,5-6,8H2,(H2,15,16,17);1H. The van der Waals surface area contributed by atoms with Crippen LogP contribution in [0.25, 0.3) is 0 Å². The van der Waals surface area contributed by atoms with E-state index in [9.17, 15) is 4.39 Å². The van der Waals surface area contributed by atoms with E-state index in [1.165, 1.54) is 6.07 Å². The lowest BCUT2D eigenvalue weighted by atomic mass is 10.1. The smallest absolute Gasteiger partial charge is 0.191 e. The zero-order valence-corrected chi connectivity index (χ0v) is 12.4. The molecule has 2 unspecified atom stereocenters. The highest BCUT2D eigenvalue weighted by Crippen LogP contribution is 2.40. The van der Waals surface area contributed by atoms with Gasteiger partial charge in [-0.05, 0) is 30.5 Å². The van der Waals surface area contributed by atoms with Gasteiger partial charge in [0.1, 0.15) is 5.82 Å². The lowest BCUT2D eigenvalue weighted by Crippen LogP contribution is -2.42. The van der Waals surface area contributed by atoms with Crippen LogP contribution in [-0.4, -0.2) is 25.1 Å². The highest BCUT2D eigenvalue weighted by atomic mass is 127. The van der Waals surface area contributed by atoms with E-state index in [0.717, 1.165) is 37.5 Å². The number of halogens is 2. The second kappa shape index (κ2) is 5.86. The van der Waals surface area contributed by atoms with Crippen LogP contribution in [0.15, 0.2) is 29.3 Å². The van der Waals surface area contributed by atoms with E-state index in [4.69, 9.17) is 0 Å². The zero-order chi connectivity index (χ0) is 11.7. The molecule has 3 rings (SSSR count). The van der Waals surface area contributed by atoms with Crippen LogP contribution < -0.4 is 10.6 Å². The average molecular weight is 361 g/mol. The first kappa shape index (κ1) is 13.6. The molecule has 2 N–H and O–H groups in total. The summed E-state index contributed by atoms with van der Waals surface area (Å²) in [5.41, 5.74) is 1.08. The third-order valence-electron chi connectivity index (χ3n) is 3.29. The largest absolute Gasteiger partial charge is 0.356 e. The predicted molar refractivity (Wildman–Crippen MR) is 81.0 cm³/mol. The van der Waals surface area contributed by atoms with Crippen LogP contribution >= 0.6 is 24.0 Å². The van der Waals surface area contributed by atoms with Crippen molar-refractivity contribution >= 4 is 29.9 Å². The first-order valence-electron chi connectivity index (χ1n) is 6.13. The molecule has 5 heteroatoms. The summed E-state index contributed by atoms with van der Waals surface area (Å²) < 4.78 is 13.1. The fourth-order valence-electron chi connectivity index (χ4n) is 2.27. The Hall–Kier alpha value is -0.850. The minimum atomic E-state index is -0.152. The first-order chi connectivity index (χ1) is 8.33. The monoisotopic (exact) mass is 361 g/mol. The Morgan fingerprint density at radius 1 is 1.39 bits per heavy atom. The molecule has 18 heavy (non-hydrogen) atoms. The van der Waals surface area contributed by atoms with Crippen LogP contribution in [0.3, 0.4) is 0 Å². The summed E-state index contributed by atoms with van der Waals surface area (Å²) in [7, 11) is 0. The van der Waals surface area contributed by atoms with Crippen molar-refractivity contribution in [2.45, 2.75) is 24.8 Å². The molecule has 1 aliphatic carbocycles. The van der Waals surface area contributed by atoms with E-state index in [1.54, 1.807) is 12.1 Å². The third-order valence-corrected chi connectivity index (χ3v) is 3.29. The lowest BCUT2D eigenvalue weighted by molar-refractivity contribution is 0.625. The van der Waals surface area contributed by atoms with Crippen molar-refractivity contribution in [3.05, 3.63) is 35.6 Å². The number of rotatable bonds is 2. The molecule has 0 spiro atoms. The van der Waals surface area contributed by atoms with Gasteiger partial charge < -0.3 is 10.6 Å². The Morgan fingerprint density at radius 2 is 2.28 bits per heavy atom. The predicted octanol–water partition coefficient (Wildman–Crippen LogP) is 2.24. The van der Waals surface area contributed by atoms with Crippen molar-refractivity contribution in [1.29, 1.82) is 0 Å². The molecule has 2 aliphatic rings. The SMILES string of the molecule is Fc1cccc(C2CC2NC2=NCCCN2)c1.I. The van der Waals surface area contributed by atoms with Gasteiger partial charge in [0.25, 0.3) is 0 Å². The molecule has 1 saturated carbocycles. The number of guanidine groups is 1. The van der Waals surface area contributed by atoms with Crippen LogP contribution in [0.2, 0.25) is 0 Å². The van der Waals surface area contributed by atoms with E-state index < -0.39 is 0 Å². The molecular formula is C13H17FIN3. The minimum absolute atomic E-state index is 0. The van der Waals surface area contributed by atoms with Gasteiger partial charge in [-0.2, -0.15) is 0 Å². The Morgan fingerprint density at radius 3 is 3.00 bits per heavy atom. The van der Waals surface area contributed by atoms with Gasteiger partial charge in [-0.1, -0.05) is 12.1 Å². The van der Waals surface area contributed by atoms with E-state index >= 15 is 0 Å². The number of nitrogens with one attached hydrogen (secondary N) is 2. The molecule has 0 radical (unpaired) electrons. The Bertz CT molecular complexity index is 450. The molecule has 98 valence electrons. The van der Waals surface area contributed by atoms with Crippen LogP contribution in [-0.2, 0) is 0 Å². The number of nitrogens with zero attached hydrogens (tertiary/aromatic N) is 1. The van der Waals surface area contributed by atoms with Crippen molar-refractivity contribution in [3.8, 4) is 0 Å². The summed E-state index contributed by atoms with van der Waals surface area (Å²) in [4.78, 5) is 4.38. The molecule has 0 saturated heterocycles. The number of aliphatic imine (C=N–C) groups is 1. The maximum Gasteiger partial charge on any atom is 0.191 e. The van der Waals surface area contributed by atoms with Gasteiger partial charge in [-0.15, -0.1) is 24.0 Å². The van der Waals surface area contributed by atoms with Crippen molar-refractivity contribution in [1.82, 2.24) is 10.6 Å². The van der Waals surface area contributed by atoms with Crippen molar-refractivity contribution in [2.75, 3.05) is 13.1 Å². The topological polar surface area (TPSA) is 36.4 Å².